The molecule has 0 unspecified atom stereocenters. The second kappa shape index (κ2) is 7.90. The van der Waals surface area contributed by atoms with E-state index in [-0.39, 0.29) is 22.5 Å². The Kier molecular flexibility index (Phi) is 5.27. The summed E-state index contributed by atoms with van der Waals surface area (Å²) in [5, 5.41) is 5.08. The van der Waals surface area contributed by atoms with Crippen molar-refractivity contribution in [1.82, 2.24) is 14.9 Å². The molecule has 1 N–H and O–H groups in total. The number of rotatable bonds is 2. The fraction of sp³-hybridized carbons (Fsp3) is 0.462. The molecule has 0 bridgehead atoms. The van der Waals surface area contributed by atoms with Crippen LogP contribution in [0.1, 0.15) is 70.8 Å². The molecule has 1 aliphatic carbocycles. The van der Waals surface area contributed by atoms with Crippen LogP contribution in [0, 0.1) is 5.41 Å². The summed E-state index contributed by atoms with van der Waals surface area (Å²) in [5.41, 5.74) is 2.05. The molecule has 1 aliphatic heterocycles. The molecule has 1 spiro atoms. The standard InChI is InChI=1S/C26H30N4O2S/c1-25(2,3)24-29-21-19(31)14-26(15-20(21)33-24)9-11-30(12-10-26)23(32)17-13-16-7-5-6-8-18(16)28-22(17)27-4/h5-8,13H,9-12,14-15H2,1-4H3,(H,27,28). The first-order valence-corrected chi connectivity index (χ1v) is 12.4. The number of hydrogen-bond donors (Lipinski definition) is 1. The van der Waals surface area contributed by atoms with E-state index in [1.807, 2.05) is 35.2 Å². The van der Waals surface area contributed by atoms with Crippen LogP contribution >= 0.6 is 11.3 Å². The van der Waals surface area contributed by atoms with Crippen molar-refractivity contribution in [1.29, 1.82) is 0 Å². The summed E-state index contributed by atoms with van der Waals surface area (Å²) in [6, 6.07) is 9.78. The summed E-state index contributed by atoms with van der Waals surface area (Å²) in [7, 11) is 1.80. The minimum Gasteiger partial charge on any atom is -0.372 e. The third-order valence-corrected chi connectivity index (χ3v) is 8.46. The predicted molar refractivity (Wildman–Crippen MR) is 132 cm³/mol. The summed E-state index contributed by atoms with van der Waals surface area (Å²) in [6.45, 7) is 7.73. The largest absolute Gasteiger partial charge is 0.372 e. The van der Waals surface area contributed by atoms with Gasteiger partial charge >= 0.3 is 0 Å². The highest BCUT2D eigenvalue weighted by atomic mass is 32.1. The van der Waals surface area contributed by atoms with Crippen molar-refractivity contribution in [2.45, 2.75) is 51.9 Å². The lowest BCUT2D eigenvalue weighted by atomic mass is 9.68. The van der Waals surface area contributed by atoms with Crippen molar-refractivity contribution in [2.24, 2.45) is 5.41 Å². The van der Waals surface area contributed by atoms with Crippen molar-refractivity contribution in [3.63, 3.8) is 0 Å². The number of fused-ring (bicyclic) bond motifs is 2. The van der Waals surface area contributed by atoms with Crippen molar-refractivity contribution in [2.75, 3.05) is 25.5 Å². The first-order chi connectivity index (χ1) is 15.7. The maximum absolute atomic E-state index is 13.4. The number of ketones is 1. The SMILES string of the molecule is CNc1nc2ccccc2cc1C(=O)N1CCC2(CC1)CC(=O)c1nc(C(C)(C)C)sc1C2. The predicted octanol–water partition coefficient (Wildman–Crippen LogP) is 5.08. The minimum absolute atomic E-state index is 0.00286. The van der Waals surface area contributed by atoms with Crippen LogP contribution in [-0.4, -0.2) is 46.7 Å². The van der Waals surface area contributed by atoms with E-state index in [4.69, 9.17) is 4.98 Å². The van der Waals surface area contributed by atoms with Crippen molar-refractivity contribution >= 4 is 39.7 Å². The number of nitrogens with one attached hydrogen (secondary N) is 1. The van der Waals surface area contributed by atoms with Gasteiger partial charge in [0.2, 0.25) is 0 Å². The third kappa shape index (κ3) is 3.92. The number of carbonyl (C=O) groups excluding carboxylic acids is 2. The van der Waals surface area contributed by atoms with Crippen LogP contribution < -0.4 is 5.32 Å². The molecular formula is C26H30N4O2S. The van der Waals surface area contributed by atoms with Gasteiger partial charge in [0.05, 0.1) is 16.1 Å². The maximum Gasteiger partial charge on any atom is 0.257 e. The number of para-hydroxylation sites is 1. The highest BCUT2D eigenvalue weighted by Crippen LogP contribution is 2.46. The minimum atomic E-state index is -0.0595. The van der Waals surface area contributed by atoms with Crippen molar-refractivity contribution in [3.05, 3.63) is 51.5 Å². The lowest BCUT2D eigenvalue weighted by molar-refractivity contribution is 0.0522. The van der Waals surface area contributed by atoms with Crippen LogP contribution in [0.2, 0.25) is 0 Å². The summed E-state index contributed by atoms with van der Waals surface area (Å²) >= 11 is 1.69. The Morgan fingerprint density at radius 2 is 1.85 bits per heavy atom. The van der Waals surface area contributed by atoms with Gasteiger partial charge in [0.25, 0.3) is 5.91 Å². The zero-order valence-electron chi connectivity index (χ0n) is 19.7. The van der Waals surface area contributed by atoms with Crippen LogP contribution in [0.5, 0.6) is 0 Å². The number of likely N-dealkylation sites (tertiary alicyclic amines) is 1. The molecule has 2 aromatic heterocycles. The molecule has 0 atom stereocenters. The van der Waals surface area contributed by atoms with Gasteiger partial charge in [-0.15, -0.1) is 11.3 Å². The molecule has 3 aromatic rings. The third-order valence-electron chi connectivity index (χ3n) is 6.98. The molecule has 1 amide bonds. The quantitative estimate of drug-likeness (QED) is 0.575. The Balaban J connectivity index is 1.35. The summed E-state index contributed by atoms with van der Waals surface area (Å²) in [6.07, 6.45) is 3.10. The van der Waals surface area contributed by atoms with Gasteiger partial charge in [-0.25, -0.2) is 9.97 Å². The van der Waals surface area contributed by atoms with Gasteiger partial charge < -0.3 is 10.2 Å². The van der Waals surface area contributed by atoms with Gasteiger partial charge in [-0.05, 0) is 36.8 Å². The fourth-order valence-electron chi connectivity index (χ4n) is 5.02. The fourth-order valence-corrected chi connectivity index (χ4v) is 6.33. The number of amides is 1. The van der Waals surface area contributed by atoms with Crippen LogP contribution in [0.3, 0.4) is 0 Å². The molecule has 0 saturated carbocycles. The molecule has 1 saturated heterocycles. The highest BCUT2D eigenvalue weighted by molar-refractivity contribution is 7.12. The first kappa shape index (κ1) is 22.0. The van der Waals surface area contributed by atoms with E-state index >= 15 is 0 Å². The van der Waals surface area contributed by atoms with E-state index in [1.165, 1.54) is 0 Å². The summed E-state index contributed by atoms with van der Waals surface area (Å²) < 4.78 is 0. The number of benzene rings is 1. The van der Waals surface area contributed by atoms with E-state index in [1.54, 1.807) is 18.4 Å². The molecule has 7 heteroatoms. The normalized spacial score (nSPS) is 17.9. The van der Waals surface area contributed by atoms with Gasteiger partial charge in [0.15, 0.2) is 5.78 Å². The maximum atomic E-state index is 13.4. The van der Waals surface area contributed by atoms with E-state index in [9.17, 15) is 9.59 Å². The Bertz CT molecular complexity index is 1250. The molecule has 1 fully saturated rings. The topological polar surface area (TPSA) is 75.2 Å². The van der Waals surface area contributed by atoms with Crippen LogP contribution in [0.4, 0.5) is 5.82 Å². The number of thiazole rings is 1. The lowest BCUT2D eigenvalue weighted by Gasteiger charge is -2.43. The van der Waals surface area contributed by atoms with Crippen LogP contribution in [-0.2, 0) is 11.8 Å². The zero-order chi connectivity index (χ0) is 23.4. The Morgan fingerprint density at radius 3 is 2.55 bits per heavy atom. The van der Waals surface area contributed by atoms with E-state index < -0.39 is 0 Å². The molecule has 6 nitrogen and oxygen atoms in total. The highest BCUT2D eigenvalue weighted by Gasteiger charge is 2.44. The number of Topliss-reactive ketones (excluding diaryl/α,β-unsaturated/α-hetero) is 1. The van der Waals surface area contributed by atoms with E-state index in [2.05, 4.69) is 31.1 Å². The summed E-state index contributed by atoms with van der Waals surface area (Å²) in [4.78, 5) is 38.8. The number of anilines is 1. The van der Waals surface area contributed by atoms with Gasteiger partial charge in [0.1, 0.15) is 11.5 Å². The van der Waals surface area contributed by atoms with Crippen molar-refractivity contribution < 1.29 is 9.59 Å². The average molecular weight is 463 g/mol. The number of nitrogens with zero attached hydrogens (tertiary/aromatic N) is 3. The molecule has 3 heterocycles. The van der Waals surface area contributed by atoms with Crippen molar-refractivity contribution in [3.8, 4) is 0 Å². The molecule has 2 aliphatic rings. The summed E-state index contributed by atoms with van der Waals surface area (Å²) in [5.74, 6) is 0.776. The molecule has 172 valence electrons. The molecule has 5 rings (SSSR count). The van der Waals surface area contributed by atoms with Gasteiger partial charge in [-0.3, -0.25) is 9.59 Å². The number of piperidine rings is 1. The van der Waals surface area contributed by atoms with Crippen LogP contribution in [0.25, 0.3) is 10.9 Å². The smallest absolute Gasteiger partial charge is 0.257 e. The van der Waals surface area contributed by atoms with Gasteiger partial charge in [-0.1, -0.05) is 39.0 Å². The number of hydrogen-bond acceptors (Lipinski definition) is 6. The number of carbonyl (C=O) groups is 2. The lowest BCUT2D eigenvalue weighted by Crippen LogP contribution is -2.46. The second-order valence-electron chi connectivity index (χ2n) is 10.4. The first-order valence-electron chi connectivity index (χ1n) is 11.6. The average Bonchev–Trinajstić information content (AvgIpc) is 3.23. The monoisotopic (exact) mass is 462 g/mol. The number of pyridine rings is 1. The molecule has 33 heavy (non-hydrogen) atoms. The van der Waals surface area contributed by atoms with E-state index in [0.717, 1.165) is 40.1 Å². The van der Waals surface area contributed by atoms with E-state index in [0.29, 0.717) is 36.6 Å². The number of aromatic nitrogens is 2. The molecule has 0 radical (unpaired) electrons. The van der Waals surface area contributed by atoms with Gasteiger partial charge in [0, 0.05) is 42.2 Å². The Morgan fingerprint density at radius 1 is 1.12 bits per heavy atom. The molecular weight excluding hydrogens is 432 g/mol. The van der Waals surface area contributed by atoms with Crippen LogP contribution in [0.15, 0.2) is 30.3 Å². The van der Waals surface area contributed by atoms with Gasteiger partial charge in [-0.2, -0.15) is 0 Å². The molecule has 1 aromatic carbocycles. The Labute approximate surface area is 198 Å². The Hall–Kier alpha value is -2.80. The second-order valence-corrected chi connectivity index (χ2v) is 11.5. The zero-order valence-corrected chi connectivity index (χ0v) is 20.5.